The smallest absolute Gasteiger partial charge is 0.150 e. The monoisotopic (exact) mass is 248 g/mol. The number of fused-ring (bicyclic) bond motifs is 1. The molecule has 2 unspecified atom stereocenters. The van der Waals surface area contributed by atoms with Crippen molar-refractivity contribution in [2.75, 3.05) is 24.5 Å². The lowest BCUT2D eigenvalue weighted by atomic mass is 10.1. The molecule has 0 spiro atoms. The highest BCUT2D eigenvalue weighted by Gasteiger charge is 2.35. The first-order valence-electron chi connectivity index (χ1n) is 7.21. The third kappa shape index (κ3) is 2.03. The third-order valence-corrected chi connectivity index (χ3v) is 4.35. The van der Waals surface area contributed by atoms with E-state index >= 15 is 0 Å². The quantitative estimate of drug-likeness (QED) is 0.801. The van der Waals surface area contributed by atoms with Gasteiger partial charge in [-0.25, -0.2) is 0 Å². The van der Waals surface area contributed by atoms with E-state index in [0.29, 0.717) is 12.1 Å². The summed E-state index contributed by atoms with van der Waals surface area (Å²) in [6.07, 6.45) is 4.83. The van der Waals surface area contributed by atoms with E-state index in [0.717, 1.165) is 18.4 Å². The lowest BCUT2D eigenvalue weighted by Gasteiger charge is -2.42. The molecule has 2 atom stereocenters. The first-order chi connectivity index (χ1) is 8.65. The van der Waals surface area contributed by atoms with E-state index in [1.54, 1.807) is 0 Å². The molecule has 18 heavy (non-hydrogen) atoms. The largest absolute Gasteiger partial charge is 0.350 e. The van der Waals surface area contributed by atoms with Gasteiger partial charge in [0.1, 0.15) is 0 Å². The van der Waals surface area contributed by atoms with Crippen LogP contribution in [0.2, 0.25) is 0 Å². The van der Waals surface area contributed by atoms with Crippen LogP contribution in [0.15, 0.2) is 12.3 Å². The molecule has 4 nitrogen and oxygen atoms in total. The fraction of sp³-hybridized carbons (Fsp3) is 0.786. The topological polar surface area (TPSA) is 24.3 Å². The Kier molecular flexibility index (Phi) is 3.06. The van der Waals surface area contributed by atoms with Crippen molar-refractivity contribution in [2.45, 2.75) is 51.7 Å². The van der Waals surface area contributed by atoms with Crippen LogP contribution in [0.4, 0.5) is 5.82 Å². The van der Waals surface area contributed by atoms with Gasteiger partial charge in [0.2, 0.25) is 0 Å². The Morgan fingerprint density at radius 2 is 2.17 bits per heavy atom. The summed E-state index contributed by atoms with van der Waals surface area (Å²) in [4.78, 5) is 5.14. The number of hydrogen-bond acceptors (Lipinski definition) is 3. The zero-order valence-electron chi connectivity index (χ0n) is 11.7. The molecule has 1 aromatic rings. The van der Waals surface area contributed by atoms with Gasteiger partial charge < -0.3 is 4.90 Å². The molecule has 0 aliphatic carbocycles. The minimum absolute atomic E-state index is 0.446. The minimum Gasteiger partial charge on any atom is -0.350 e. The molecule has 2 aliphatic heterocycles. The van der Waals surface area contributed by atoms with E-state index in [1.807, 2.05) is 0 Å². The normalized spacial score (nSPS) is 29.0. The number of hydrogen-bond donors (Lipinski definition) is 0. The molecular weight excluding hydrogens is 224 g/mol. The number of nitrogens with zero attached hydrogens (tertiary/aromatic N) is 4. The van der Waals surface area contributed by atoms with Crippen molar-refractivity contribution in [3.8, 4) is 0 Å². The number of rotatable bonds is 2. The average molecular weight is 248 g/mol. The molecule has 0 saturated carbocycles. The zero-order valence-corrected chi connectivity index (χ0v) is 11.7. The van der Waals surface area contributed by atoms with Gasteiger partial charge in [-0.3, -0.25) is 9.58 Å². The highest BCUT2D eigenvalue weighted by molar-refractivity contribution is 5.40. The Balaban J connectivity index is 1.78. The number of piperazine rings is 1. The van der Waals surface area contributed by atoms with Gasteiger partial charge in [-0.2, -0.15) is 5.10 Å². The van der Waals surface area contributed by atoms with Crippen molar-refractivity contribution in [3.63, 3.8) is 0 Å². The molecule has 2 fully saturated rings. The van der Waals surface area contributed by atoms with Gasteiger partial charge in [0, 0.05) is 43.5 Å². The fourth-order valence-corrected chi connectivity index (χ4v) is 3.28. The molecule has 3 rings (SSSR count). The van der Waals surface area contributed by atoms with Crippen molar-refractivity contribution in [1.82, 2.24) is 14.7 Å². The van der Waals surface area contributed by atoms with E-state index in [1.165, 1.54) is 25.9 Å². The van der Waals surface area contributed by atoms with E-state index in [2.05, 4.69) is 47.5 Å². The molecule has 2 aliphatic rings. The second-order valence-corrected chi connectivity index (χ2v) is 6.04. The minimum atomic E-state index is 0.446. The molecule has 100 valence electrons. The Hall–Kier alpha value is -1.03. The van der Waals surface area contributed by atoms with Crippen molar-refractivity contribution in [2.24, 2.45) is 0 Å². The first kappa shape index (κ1) is 12.0. The van der Waals surface area contributed by atoms with Gasteiger partial charge in [0.15, 0.2) is 5.82 Å². The molecule has 2 saturated heterocycles. The number of anilines is 1. The summed E-state index contributed by atoms with van der Waals surface area (Å²) in [5.74, 6) is 1.16. The molecular formula is C14H24N4. The second-order valence-electron chi connectivity index (χ2n) is 6.04. The van der Waals surface area contributed by atoms with E-state index in [-0.39, 0.29) is 0 Å². The maximum Gasteiger partial charge on any atom is 0.150 e. The summed E-state index contributed by atoms with van der Waals surface area (Å²) in [6, 6.07) is 3.95. The highest BCUT2D eigenvalue weighted by Crippen LogP contribution is 2.27. The Morgan fingerprint density at radius 3 is 2.89 bits per heavy atom. The summed E-state index contributed by atoms with van der Waals surface area (Å²) < 4.78 is 2.06. The average Bonchev–Trinajstić information content (AvgIpc) is 2.94. The molecule has 3 heterocycles. The van der Waals surface area contributed by atoms with Crippen LogP contribution in [0, 0.1) is 0 Å². The standard InChI is InChI=1S/C14H24N4/c1-11(2)18-8-6-14(15-18)17-10-13-5-4-7-16(13)9-12(17)3/h6,8,11-13H,4-5,7,9-10H2,1-3H3. The van der Waals surface area contributed by atoms with Crippen LogP contribution in [0.25, 0.3) is 0 Å². The van der Waals surface area contributed by atoms with E-state index in [9.17, 15) is 0 Å². The Morgan fingerprint density at radius 1 is 1.33 bits per heavy atom. The van der Waals surface area contributed by atoms with Crippen molar-refractivity contribution in [1.29, 1.82) is 0 Å². The second kappa shape index (κ2) is 4.57. The fourth-order valence-electron chi connectivity index (χ4n) is 3.28. The molecule has 0 radical (unpaired) electrons. The lowest BCUT2D eigenvalue weighted by molar-refractivity contribution is 0.202. The predicted octanol–water partition coefficient (Wildman–Crippen LogP) is 2.14. The van der Waals surface area contributed by atoms with Crippen LogP contribution >= 0.6 is 0 Å². The predicted molar refractivity (Wildman–Crippen MR) is 74.0 cm³/mol. The van der Waals surface area contributed by atoms with Gasteiger partial charge in [-0.05, 0) is 40.2 Å². The zero-order chi connectivity index (χ0) is 12.7. The van der Waals surface area contributed by atoms with Gasteiger partial charge in [0.25, 0.3) is 0 Å². The third-order valence-electron chi connectivity index (χ3n) is 4.35. The van der Waals surface area contributed by atoms with Crippen LogP contribution in [0.5, 0.6) is 0 Å². The van der Waals surface area contributed by atoms with Crippen LogP contribution in [0.3, 0.4) is 0 Å². The van der Waals surface area contributed by atoms with Gasteiger partial charge in [0.05, 0.1) is 0 Å². The summed E-state index contributed by atoms with van der Waals surface area (Å²) in [7, 11) is 0. The summed E-state index contributed by atoms with van der Waals surface area (Å²) in [5, 5.41) is 4.72. The SMILES string of the molecule is CC1CN2CCCC2CN1c1ccn(C(C)C)n1. The van der Waals surface area contributed by atoms with Crippen molar-refractivity contribution in [3.05, 3.63) is 12.3 Å². The first-order valence-corrected chi connectivity index (χ1v) is 7.21. The molecule has 4 heteroatoms. The van der Waals surface area contributed by atoms with Crippen LogP contribution in [-0.2, 0) is 0 Å². The number of aromatic nitrogens is 2. The van der Waals surface area contributed by atoms with E-state index in [4.69, 9.17) is 5.10 Å². The van der Waals surface area contributed by atoms with E-state index < -0.39 is 0 Å². The lowest BCUT2D eigenvalue weighted by Crippen LogP contribution is -2.55. The summed E-state index contributed by atoms with van der Waals surface area (Å²) >= 11 is 0. The summed E-state index contributed by atoms with van der Waals surface area (Å²) in [5.41, 5.74) is 0. The van der Waals surface area contributed by atoms with Crippen LogP contribution in [0.1, 0.15) is 39.7 Å². The molecule has 0 aromatic carbocycles. The maximum atomic E-state index is 4.72. The van der Waals surface area contributed by atoms with Gasteiger partial charge in [-0.1, -0.05) is 0 Å². The van der Waals surface area contributed by atoms with Crippen LogP contribution in [-0.4, -0.2) is 46.4 Å². The molecule has 0 amide bonds. The maximum absolute atomic E-state index is 4.72. The van der Waals surface area contributed by atoms with Gasteiger partial charge in [-0.15, -0.1) is 0 Å². The molecule has 1 aromatic heterocycles. The van der Waals surface area contributed by atoms with Crippen molar-refractivity contribution < 1.29 is 0 Å². The molecule has 0 N–H and O–H groups in total. The molecule has 0 bridgehead atoms. The highest BCUT2D eigenvalue weighted by atomic mass is 15.4. The van der Waals surface area contributed by atoms with Crippen molar-refractivity contribution >= 4 is 5.82 Å². The van der Waals surface area contributed by atoms with Gasteiger partial charge >= 0.3 is 0 Å². The summed E-state index contributed by atoms with van der Waals surface area (Å²) in [6.45, 7) is 10.3. The van der Waals surface area contributed by atoms with Crippen LogP contribution < -0.4 is 4.90 Å². The Bertz CT molecular complexity index is 412. The Labute approximate surface area is 110 Å².